The normalized spacial score (nSPS) is 11.3. The number of hydrogen-bond acceptors (Lipinski definition) is 4. The van der Waals surface area contributed by atoms with E-state index in [1.165, 1.54) is 13.1 Å². The van der Waals surface area contributed by atoms with Crippen LogP contribution >= 0.6 is 0 Å². The molecule has 2 aromatic rings. The average Bonchev–Trinajstić information content (AvgIpc) is 2.88. The molecule has 0 unspecified atom stereocenters. The lowest BCUT2D eigenvalue weighted by Crippen LogP contribution is -2.15. The number of carbonyl (C=O) groups excluding carboxylic acids is 1. The number of ketones is 1. The van der Waals surface area contributed by atoms with Crippen LogP contribution in [0, 0.1) is 0 Å². The van der Waals surface area contributed by atoms with Crippen LogP contribution in [0.3, 0.4) is 0 Å². The largest absolute Gasteiger partial charge is 0.332 e. The van der Waals surface area contributed by atoms with E-state index in [2.05, 4.69) is 14.7 Å². The minimum Gasteiger partial charge on any atom is -0.332 e. The van der Waals surface area contributed by atoms with Crippen LogP contribution in [0.25, 0.3) is 0 Å². The molecule has 6 nitrogen and oxygen atoms in total. The highest BCUT2D eigenvalue weighted by molar-refractivity contribution is 7.92. The molecule has 0 aliphatic carbocycles. The molecule has 0 saturated carbocycles. The summed E-state index contributed by atoms with van der Waals surface area (Å²) in [4.78, 5) is 18.2. The first-order valence-corrected chi connectivity index (χ1v) is 7.59. The third-order valence-electron chi connectivity index (χ3n) is 2.78. The molecule has 0 aliphatic rings. The molecule has 0 bridgehead atoms. The Hall–Kier alpha value is -2.15. The lowest BCUT2D eigenvalue weighted by atomic mass is 10.1. The lowest BCUT2D eigenvalue weighted by molar-refractivity contribution is 0.101. The van der Waals surface area contributed by atoms with Crippen molar-refractivity contribution in [3.63, 3.8) is 0 Å². The second-order valence-electron chi connectivity index (χ2n) is 4.25. The number of carbonyl (C=O) groups is 1. The number of nitrogens with one attached hydrogen (secondary N) is 2. The van der Waals surface area contributed by atoms with Gasteiger partial charge in [-0.1, -0.05) is 19.1 Å². The number of hydrogen-bond donors (Lipinski definition) is 2. The smallest absolute Gasteiger partial charge is 0.279 e. The first-order chi connectivity index (χ1) is 9.44. The summed E-state index contributed by atoms with van der Waals surface area (Å²) >= 11 is 0. The van der Waals surface area contributed by atoms with E-state index < -0.39 is 10.0 Å². The van der Waals surface area contributed by atoms with Crippen molar-refractivity contribution in [2.24, 2.45) is 0 Å². The maximum Gasteiger partial charge on any atom is 0.279 e. The lowest BCUT2D eigenvalue weighted by Gasteiger charge is -2.09. The summed E-state index contributed by atoms with van der Waals surface area (Å²) in [6.07, 6.45) is 1.87. The molecule has 1 heterocycles. The van der Waals surface area contributed by atoms with Crippen LogP contribution in [0.1, 0.15) is 30.0 Å². The predicted molar refractivity (Wildman–Crippen MR) is 75.2 cm³/mol. The molecule has 0 fully saturated rings. The van der Waals surface area contributed by atoms with Crippen LogP contribution in [0.5, 0.6) is 0 Å². The van der Waals surface area contributed by atoms with Gasteiger partial charge in [-0.25, -0.2) is 4.98 Å². The molecule has 0 amide bonds. The maximum atomic E-state index is 12.2. The Balaban J connectivity index is 2.36. The fourth-order valence-electron chi connectivity index (χ4n) is 1.74. The van der Waals surface area contributed by atoms with Gasteiger partial charge in [-0.15, -0.1) is 0 Å². The van der Waals surface area contributed by atoms with Crippen LogP contribution in [0.2, 0.25) is 0 Å². The molecule has 20 heavy (non-hydrogen) atoms. The van der Waals surface area contributed by atoms with Crippen molar-refractivity contribution in [1.29, 1.82) is 0 Å². The van der Waals surface area contributed by atoms with Gasteiger partial charge < -0.3 is 4.98 Å². The molecule has 106 valence electrons. The number of sulfonamides is 1. The zero-order chi connectivity index (χ0) is 14.8. The van der Waals surface area contributed by atoms with E-state index in [9.17, 15) is 13.2 Å². The molecule has 1 aromatic heterocycles. The number of aromatic nitrogens is 2. The molecular formula is C13H15N3O3S. The van der Waals surface area contributed by atoms with Gasteiger partial charge in [0.05, 0.1) is 11.9 Å². The first kappa shape index (κ1) is 14.3. The Labute approximate surface area is 117 Å². The minimum absolute atomic E-state index is 0.0206. The topological polar surface area (TPSA) is 91.9 Å². The SMILES string of the molecule is CCc1ncc(S(=O)(=O)Nc2ccccc2C(C)=O)[nH]1. The zero-order valence-corrected chi connectivity index (χ0v) is 12.0. The van der Waals surface area contributed by atoms with Crippen molar-refractivity contribution in [2.75, 3.05) is 4.72 Å². The van der Waals surface area contributed by atoms with Crippen molar-refractivity contribution in [2.45, 2.75) is 25.3 Å². The van der Waals surface area contributed by atoms with Crippen molar-refractivity contribution in [1.82, 2.24) is 9.97 Å². The van der Waals surface area contributed by atoms with Gasteiger partial charge in [-0.05, 0) is 19.1 Å². The van der Waals surface area contributed by atoms with Gasteiger partial charge in [0.15, 0.2) is 10.8 Å². The van der Waals surface area contributed by atoms with Crippen LogP contribution in [0.15, 0.2) is 35.5 Å². The Kier molecular flexibility index (Phi) is 3.89. The minimum atomic E-state index is -3.78. The molecular weight excluding hydrogens is 278 g/mol. The van der Waals surface area contributed by atoms with E-state index in [1.807, 2.05) is 6.92 Å². The number of Topliss-reactive ketones (excluding diaryl/α,β-unsaturated/α-hetero) is 1. The fraction of sp³-hybridized carbons (Fsp3) is 0.231. The highest BCUT2D eigenvalue weighted by Crippen LogP contribution is 2.19. The van der Waals surface area contributed by atoms with Gasteiger partial charge in [0.2, 0.25) is 0 Å². The van der Waals surface area contributed by atoms with Gasteiger partial charge in [0.1, 0.15) is 5.82 Å². The number of aryl methyl sites for hydroxylation is 1. The third kappa shape index (κ3) is 2.88. The standard InChI is InChI=1S/C13H15N3O3S/c1-3-12-14-8-13(15-12)20(18,19)16-11-7-5-4-6-10(11)9(2)17/h4-8,16H,3H2,1-2H3,(H,14,15). The van der Waals surface area contributed by atoms with Crippen LogP contribution in [-0.2, 0) is 16.4 Å². The van der Waals surface area contributed by atoms with E-state index in [0.717, 1.165) is 0 Å². The van der Waals surface area contributed by atoms with Gasteiger partial charge in [0, 0.05) is 12.0 Å². The van der Waals surface area contributed by atoms with Crippen molar-refractivity contribution in [3.8, 4) is 0 Å². The summed E-state index contributed by atoms with van der Waals surface area (Å²) in [6, 6.07) is 6.46. The van der Waals surface area contributed by atoms with E-state index in [4.69, 9.17) is 0 Å². The van der Waals surface area contributed by atoms with Gasteiger partial charge in [-0.3, -0.25) is 9.52 Å². The van der Waals surface area contributed by atoms with Crippen LogP contribution in [-0.4, -0.2) is 24.2 Å². The molecule has 0 radical (unpaired) electrons. The first-order valence-electron chi connectivity index (χ1n) is 6.10. The van der Waals surface area contributed by atoms with Crippen molar-refractivity contribution >= 4 is 21.5 Å². The average molecular weight is 293 g/mol. The summed E-state index contributed by atoms with van der Waals surface area (Å²) in [6.45, 7) is 3.26. The zero-order valence-electron chi connectivity index (χ0n) is 11.2. The Morgan fingerprint density at radius 3 is 2.65 bits per heavy atom. The van der Waals surface area contributed by atoms with E-state index >= 15 is 0 Å². The van der Waals surface area contributed by atoms with E-state index in [0.29, 0.717) is 17.8 Å². The van der Waals surface area contributed by atoms with Gasteiger partial charge >= 0.3 is 0 Å². The van der Waals surface area contributed by atoms with Crippen molar-refractivity contribution in [3.05, 3.63) is 41.9 Å². The number of aromatic amines is 1. The number of benzene rings is 1. The summed E-state index contributed by atoms with van der Waals surface area (Å²) < 4.78 is 26.8. The predicted octanol–water partition coefficient (Wildman–Crippen LogP) is 1.98. The Morgan fingerprint density at radius 1 is 1.35 bits per heavy atom. The molecule has 0 atom stereocenters. The molecule has 1 aromatic carbocycles. The summed E-state index contributed by atoms with van der Waals surface area (Å²) in [7, 11) is -3.78. The van der Waals surface area contributed by atoms with Gasteiger partial charge in [0.25, 0.3) is 10.0 Å². The summed E-state index contributed by atoms with van der Waals surface area (Å²) in [5.41, 5.74) is 0.582. The number of H-pyrrole nitrogens is 1. The second kappa shape index (κ2) is 5.46. The van der Waals surface area contributed by atoms with Gasteiger partial charge in [-0.2, -0.15) is 8.42 Å². The molecule has 0 saturated heterocycles. The Morgan fingerprint density at radius 2 is 2.05 bits per heavy atom. The molecule has 0 spiro atoms. The highest BCUT2D eigenvalue weighted by atomic mass is 32.2. The highest BCUT2D eigenvalue weighted by Gasteiger charge is 2.19. The monoisotopic (exact) mass is 293 g/mol. The number of imidazole rings is 1. The summed E-state index contributed by atoms with van der Waals surface area (Å²) in [5.74, 6) is 0.382. The van der Waals surface area contributed by atoms with Crippen molar-refractivity contribution < 1.29 is 13.2 Å². The molecule has 7 heteroatoms. The molecule has 2 N–H and O–H groups in total. The molecule has 0 aliphatic heterocycles. The second-order valence-corrected chi connectivity index (χ2v) is 5.91. The van der Waals surface area contributed by atoms with E-state index in [1.54, 1.807) is 24.3 Å². The van der Waals surface area contributed by atoms with Crippen LogP contribution in [0.4, 0.5) is 5.69 Å². The van der Waals surface area contributed by atoms with E-state index in [-0.39, 0.29) is 16.5 Å². The number of rotatable bonds is 5. The fourth-order valence-corrected chi connectivity index (χ4v) is 2.76. The number of para-hydroxylation sites is 1. The Bertz CT molecular complexity index is 735. The number of nitrogens with zero attached hydrogens (tertiary/aromatic N) is 1. The van der Waals surface area contributed by atoms with Crippen LogP contribution < -0.4 is 4.72 Å². The third-order valence-corrected chi connectivity index (χ3v) is 4.06. The number of anilines is 1. The maximum absolute atomic E-state index is 12.2. The quantitative estimate of drug-likeness (QED) is 0.824. The summed E-state index contributed by atoms with van der Waals surface area (Å²) in [5, 5.41) is -0.0206. The molecule has 2 rings (SSSR count).